The number of carbonyl (C=O) groups excluding carboxylic acids is 2. The van der Waals surface area contributed by atoms with Crippen LogP contribution in [-0.4, -0.2) is 104 Å². The zero-order valence-electron chi connectivity index (χ0n) is 38.9. The highest BCUT2D eigenvalue weighted by molar-refractivity contribution is 7.93. The van der Waals surface area contributed by atoms with Crippen LogP contribution in [-0.2, 0) is 65.9 Å². The number of hydrogen-bond donors (Lipinski definition) is 4. The van der Waals surface area contributed by atoms with E-state index in [1.54, 1.807) is 0 Å². The van der Waals surface area contributed by atoms with E-state index >= 15 is 8.78 Å². The van der Waals surface area contributed by atoms with Gasteiger partial charge < -0.3 is 20.8 Å². The van der Waals surface area contributed by atoms with Crippen LogP contribution in [0.4, 0.5) is 54.5 Å². The fourth-order valence-corrected chi connectivity index (χ4v) is 9.53. The first kappa shape index (κ1) is 55.7. The second-order valence-electron chi connectivity index (χ2n) is 18.2. The highest BCUT2D eigenvalue weighted by Crippen LogP contribution is 2.68. The van der Waals surface area contributed by atoms with Gasteiger partial charge >= 0.3 is 30.3 Å². The summed E-state index contributed by atoms with van der Waals surface area (Å²) in [5, 5.41) is 28.7. The number of rotatable bonds is 14. The summed E-state index contributed by atoms with van der Waals surface area (Å²) in [6.07, 6.45) is -10.5. The van der Waals surface area contributed by atoms with Crippen LogP contribution in [0.3, 0.4) is 0 Å². The molecule has 0 radical (unpaired) electrons. The number of benzene rings is 2. The maximum absolute atomic E-state index is 15.6. The number of aromatic nitrogens is 5. The predicted molar refractivity (Wildman–Crippen MR) is 242 cm³/mol. The first-order valence-electron chi connectivity index (χ1n) is 21.4. The van der Waals surface area contributed by atoms with E-state index in [9.17, 15) is 81.4 Å². The summed E-state index contributed by atoms with van der Waals surface area (Å²) in [5.41, 5.74) is -10.1. The fraction of sp³-hybridized carbons (Fsp3) is 0.386. The van der Waals surface area contributed by atoms with Crippen molar-refractivity contribution in [3.8, 4) is 23.0 Å². The number of pyridine rings is 1. The number of sulfonamides is 1. The van der Waals surface area contributed by atoms with E-state index in [0.29, 0.717) is 19.2 Å². The number of fused-ring (bicyclic) bond motifs is 4. The number of halogens is 11. The Bertz CT molecular complexity index is 3520. The van der Waals surface area contributed by atoms with E-state index in [2.05, 4.69) is 32.3 Å². The summed E-state index contributed by atoms with van der Waals surface area (Å²) < 4.78 is 197. The van der Waals surface area contributed by atoms with Crippen molar-refractivity contribution in [3.05, 3.63) is 93.0 Å². The van der Waals surface area contributed by atoms with Gasteiger partial charge in [0, 0.05) is 34.9 Å². The molecule has 0 bridgehead atoms. The van der Waals surface area contributed by atoms with Crippen molar-refractivity contribution in [2.45, 2.75) is 87.2 Å². The van der Waals surface area contributed by atoms with Gasteiger partial charge in [-0.3, -0.25) is 14.2 Å². The predicted octanol–water partition coefficient (Wildman–Crippen LogP) is 6.69. The number of nitrogens with zero attached hydrogens (tertiary/aromatic N) is 6. The standard InChI is InChI=1S/C44H37ClF10N8O10S2/c1-40(2,74(4,70)71)11-10-22-6-7-23(24-8-9-27(45)31-33(24)62(18-42(48,49)50)60-36(31)63(75(5,72)73)39(69)58-41(3,37(65)66)38(67)68)32(56-22)28(14-19-12-20(46)15-21(47)13-19)57-29(64)17-61-35-30(34(59-61)44(53,54)55)25-16-26(25)43(35,51)52/h6-9,12-13,15,25-26,28H,14,16-18H2,1-5H3,(H,57,64)(H,58,69)(H,65,66)(H,67,68)/t25-,26+,28?/m0/s1. The molecule has 1 unspecified atom stereocenters. The lowest BCUT2D eigenvalue weighted by molar-refractivity contribution is -0.157. The molecule has 3 heterocycles. The molecule has 2 aliphatic rings. The minimum Gasteiger partial charge on any atom is -0.479 e. The zero-order chi connectivity index (χ0) is 56.1. The van der Waals surface area contributed by atoms with Gasteiger partial charge in [0.05, 0.1) is 33.9 Å². The summed E-state index contributed by atoms with van der Waals surface area (Å²) in [4.78, 5) is 56.4. The molecule has 1 fully saturated rings. The lowest BCUT2D eigenvalue weighted by atomic mass is 9.93. The monoisotopic (exact) mass is 1130 g/mol. The largest absolute Gasteiger partial charge is 0.479 e. The molecule has 3 atom stereocenters. The number of urea groups is 1. The lowest BCUT2D eigenvalue weighted by Crippen LogP contribution is -2.61. The van der Waals surface area contributed by atoms with Crippen molar-refractivity contribution in [3.63, 3.8) is 0 Å². The number of carboxylic acids is 2. The van der Waals surface area contributed by atoms with Gasteiger partial charge in [-0.2, -0.15) is 49.6 Å². The number of hydrogen-bond acceptors (Lipinski definition) is 11. The maximum atomic E-state index is 15.6. The van der Waals surface area contributed by atoms with Crippen LogP contribution < -0.4 is 14.9 Å². The topological polar surface area (TPSA) is 253 Å². The minimum absolute atomic E-state index is 0.0772. The fourth-order valence-electron chi connectivity index (χ4n) is 8.27. The molecule has 5 aromatic rings. The molecule has 31 heteroatoms. The summed E-state index contributed by atoms with van der Waals surface area (Å²) >= 11 is 6.55. The average Bonchev–Trinajstić information content (AvgIpc) is 3.76. The van der Waals surface area contributed by atoms with Crippen molar-refractivity contribution in [1.29, 1.82) is 0 Å². The van der Waals surface area contributed by atoms with Gasteiger partial charge in [-0.1, -0.05) is 23.6 Å². The molecule has 0 aliphatic heterocycles. The van der Waals surface area contributed by atoms with Crippen LogP contribution in [0.2, 0.25) is 5.02 Å². The maximum Gasteiger partial charge on any atom is 0.435 e. The Balaban J connectivity index is 1.50. The third kappa shape index (κ3) is 10.8. The van der Waals surface area contributed by atoms with Gasteiger partial charge in [-0.25, -0.2) is 45.0 Å². The van der Waals surface area contributed by atoms with E-state index in [1.165, 1.54) is 19.2 Å². The molecule has 3 amide bonds. The van der Waals surface area contributed by atoms with Crippen LogP contribution >= 0.6 is 11.6 Å². The third-order valence-corrected chi connectivity index (χ3v) is 15.5. The molecule has 0 saturated heterocycles. The second kappa shape index (κ2) is 18.7. The Labute approximate surface area is 422 Å². The Kier molecular flexibility index (Phi) is 13.9. The zero-order valence-corrected chi connectivity index (χ0v) is 41.3. The molecular weight excluding hydrogens is 1090 g/mol. The number of aliphatic carboxylic acids is 2. The summed E-state index contributed by atoms with van der Waals surface area (Å²) in [6, 6.07) is 1.97. The number of amides is 3. The number of sulfone groups is 1. The van der Waals surface area contributed by atoms with Crippen molar-refractivity contribution in [2.24, 2.45) is 5.92 Å². The first-order chi connectivity index (χ1) is 34.3. The Hall–Kier alpha value is -7.00. The van der Waals surface area contributed by atoms with Crippen LogP contribution in [0.15, 0.2) is 42.5 Å². The number of carboxylic acid groups (broad SMARTS) is 2. The highest BCUT2D eigenvalue weighted by Gasteiger charge is 2.68. The summed E-state index contributed by atoms with van der Waals surface area (Å²) in [5.74, 6) is -11.2. The van der Waals surface area contributed by atoms with Crippen LogP contribution in [0, 0.1) is 29.4 Å². The molecule has 4 N–H and O–H groups in total. The van der Waals surface area contributed by atoms with Crippen LogP contribution in [0.1, 0.15) is 73.1 Å². The van der Waals surface area contributed by atoms with Crippen molar-refractivity contribution < 1.29 is 90.1 Å². The number of carbonyl (C=O) groups is 4. The molecule has 18 nitrogen and oxygen atoms in total. The lowest BCUT2D eigenvalue weighted by Gasteiger charge is -2.26. The molecular formula is C44H37ClF10N8O10S2. The quantitative estimate of drug-likeness (QED) is 0.0514. The molecule has 402 valence electrons. The van der Waals surface area contributed by atoms with Gasteiger partial charge in [0.2, 0.25) is 21.5 Å². The van der Waals surface area contributed by atoms with E-state index in [4.69, 9.17) is 11.6 Å². The van der Waals surface area contributed by atoms with Gasteiger partial charge in [0.1, 0.15) is 40.9 Å². The molecule has 2 aliphatic carbocycles. The van der Waals surface area contributed by atoms with E-state index in [0.717, 1.165) is 42.7 Å². The van der Waals surface area contributed by atoms with Gasteiger partial charge in [0.25, 0.3) is 5.92 Å². The smallest absolute Gasteiger partial charge is 0.435 e. The average molecular weight is 1130 g/mol. The first-order valence-corrected chi connectivity index (χ1v) is 25.5. The van der Waals surface area contributed by atoms with E-state index in [1.807, 2.05) is 0 Å². The summed E-state index contributed by atoms with van der Waals surface area (Å²) in [7, 11) is -9.15. The highest BCUT2D eigenvalue weighted by atomic mass is 35.5. The Morgan fingerprint density at radius 1 is 0.907 bits per heavy atom. The molecule has 3 aromatic heterocycles. The van der Waals surface area contributed by atoms with E-state index in [-0.39, 0.29) is 31.3 Å². The number of anilines is 1. The molecule has 2 aromatic carbocycles. The van der Waals surface area contributed by atoms with Gasteiger partial charge in [-0.05, 0) is 81.3 Å². The Morgan fingerprint density at radius 2 is 1.51 bits per heavy atom. The Morgan fingerprint density at radius 3 is 2.05 bits per heavy atom. The molecule has 0 spiro atoms. The van der Waals surface area contributed by atoms with Crippen molar-refractivity contribution in [2.75, 3.05) is 16.8 Å². The summed E-state index contributed by atoms with van der Waals surface area (Å²) in [6.45, 7) is -0.698. The van der Waals surface area contributed by atoms with Crippen LogP contribution in [0.5, 0.6) is 0 Å². The third-order valence-electron chi connectivity index (χ3n) is 12.2. The molecule has 1 saturated carbocycles. The number of nitrogens with one attached hydrogen (secondary N) is 2. The molecule has 75 heavy (non-hydrogen) atoms. The normalized spacial score (nSPS) is 16.9. The minimum atomic E-state index is -5.28. The van der Waals surface area contributed by atoms with Crippen molar-refractivity contribution >= 4 is 72.1 Å². The van der Waals surface area contributed by atoms with Crippen molar-refractivity contribution in [1.82, 2.24) is 35.2 Å². The van der Waals surface area contributed by atoms with Crippen LogP contribution in [0.25, 0.3) is 22.0 Å². The SMILES string of the molecule is CC(NC(=O)N(c1nn(CC(F)(F)F)c2c(-c3ccc(C#CC(C)(C)S(C)(=O)=O)nc3C(Cc3cc(F)cc(F)c3)NC(=O)Cn3nc(C(F)(F)F)c4c3C(F)(F)[C@@H]3C[C@H]43)ccc(Cl)c12)S(C)(=O)=O)(C(=O)O)C(=O)O. The van der Waals surface area contributed by atoms with E-state index < -0.39 is 177 Å². The second-order valence-corrected chi connectivity index (χ2v) is 23.0. The van der Waals surface area contributed by atoms with Gasteiger partial charge in [0.15, 0.2) is 21.3 Å². The molecule has 7 rings (SSSR count). The van der Waals surface area contributed by atoms with Gasteiger partial charge in [-0.15, -0.1) is 0 Å². The number of alkyl halides is 8.